The first-order chi connectivity index (χ1) is 12.7. The van der Waals surface area contributed by atoms with Crippen molar-refractivity contribution < 1.29 is 14.3 Å². The summed E-state index contributed by atoms with van der Waals surface area (Å²) in [5.41, 5.74) is 2.72. The Morgan fingerprint density at radius 3 is 1.92 bits per heavy atom. The van der Waals surface area contributed by atoms with Gasteiger partial charge in [0.05, 0.1) is 12.7 Å². The fraction of sp³-hybridized carbons (Fsp3) is 0.0909. The van der Waals surface area contributed by atoms with Crippen LogP contribution in [-0.4, -0.2) is 18.9 Å². The molecular formula is C22H19NO3. The van der Waals surface area contributed by atoms with Gasteiger partial charge in [0.1, 0.15) is 6.04 Å². The summed E-state index contributed by atoms with van der Waals surface area (Å²) >= 11 is 0. The van der Waals surface area contributed by atoms with Gasteiger partial charge in [-0.2, -0.15) is 0 Å². The minimum absolute atomic E-state index is 0.0196. The highest BCUT2D eigenvalue weighted by Gasteiger charge is 2.21. The SMILES string of the molecule is COC(=O)c1ccc(NC(C(=O)c2ccccc2)c2ccccc2)cc1. The quantitative estimate of drug-likeness (QED) is 0.527. The van der Waals surface area contributed by atoms with Gasteiger partial charge >= 0.3 is 5.97 Å². The van der Waals surface area contributed by atoms with E-state index in [1.807, 2.05) is 48.5 Å². The highest BCUT2D eigenvalue weighted by Crippen LogP contribution is 2.24. The number of carbonyl (C=O) groups excluding carboxylic acids is 2. The van der Waals surface area contributed by atoms with Crippen LogP contribution in [0.2, 0.25) is 0 Å². The molecule has 0 aliphatic heterocycles. The number of carbonyl (C=O) groups is 2. The van der Waals surface area contributed by atoms with Gasteiger partial charge in [-0.25, -0.2) is 4.79 Å². The lowest BCUT2D eigenvalue weighted by atomic mass is 9.97. The van der Waals surface area contributed by atoms with Crippen LogP contribution in [0.25, 0.3) is 0 Å². The Hall–Kier alpha value is -3.40. The van der Waals surface area contributed by atoms with Crippen LogP contribution in [0, 0.1) is 0 Å². The van der Waals surface area contributed by atoms with E-state index in [1.165, 1.54) is 7.11 Å². The Morgan fingerprint density at radius 2 is 1.35 bits per heavy atom. The summed E-state index contributed by atoms with van der Waals surface area (Å²) in [6, 6.07) is 25.1. The molecule has 130 valence electrons. The lowest BCUT2D eigenvalue weighted by Gasteiger charge is -2.19. The molecule has 0 saturated carbocycles. The van der Waals surface area contributed by atoms with Crippen LogP contribution in [0.1, 0.15) is 32.3 Å². The van der Waals surface area contributed by atoms with E-state index in [-0.39, 0.29) is 5.78 Å². The van der Waals surface area contributed by atoms with E-state index < -0.39 is 12.0 Å². The zero-order valence-electron chi connectivity index (χ0n) is 14.4. The molecule has 0 amide bonds. The fourth-order valence-corrected chi connectivity index (χ4v) is 2.70. The number of rotatable bonds is 6. The number of ketones is 1. The number of methoxy groups -OCH3 is 1. The summed E-state index contributed by atoms with van der Waals surface area (Å²) in [5, 5.41) is 3.28. The van der Waals surface area contributed by atoms with Gasteiger partial charge in [0, 0.05) is 11.3 Å². The van der Waals surface area contributed by atoms with Crippen LogP contribution >= 0.6 is 0 Å². The molecule has 1 atom stereocenters. The first-order valence-corrected chi connectivity index (χ1v) is 8.28. The van der Waals surface area contributed by atoms with Crippen molar-refractivity contribution in [2.45, 2.75) is 6.04 Å². The minimum Gasteiger partial charge on any atom is -0.465 e. The molecule has 0 bridgehead atoms. The van der Waals surface area contributed by atoms with Crippen molar-refractivity contribution in [2.75, 3.05) is 12.4 Å². The summed E-state index contributed by atoms with van der Waals surface area (Å²) in [6.45, 7) is 0. The number of hydrogen-bond acceptors (Lipinski definition) is 4. The van der Waals surface area contributed by atoms with Crippen molar-refractivity contribution >= 4 is 17.4 Å². The van der Waals surface area contributed by atoms with Crippen LogP contribution in [0.4, 0.5) is 5.69 Å². The van der Waals surface area contributed by atoms with Gasteiger partial charge < -0.3 is 10.1 Å². The molecule has 1 unspecified atom stereocenters. The topological polar surface area (TPSA) is 55.4 Å². The third-order valence-electron chi connectivity index (χ3n) is 4.07. The fourth-order valence-electron chi connectivity index (χ4n) is 2.70. The molecule has 0 aliphatic carbocycles. The van der Waals surface area contributed by atoms with Crippen molar-refractivity contribution in [3.8, 4) is 0 Å². The lowest BCUT2D eigenvalue weighted by molar-refractivity contribution is 0.0600. The third kappa shape index (κ3) is 3.98. The summed E-state index contributed by atoms with van der Waals surface area (Å²) in [7, 11) is 1.35. The van der Waals surface area contributed by atoms with Crippen LogP contribution < -0.4 is 5.32 Å². The van der Waals surface area contributed by atoms with E-state index in [0.717, 1.165) is 11.3 Å². The Bertz CT molecular complexity index is 874. The number of ether oxygens (including phenoxy) is 1. The average molecular weight is 345 g/mol. The minimum atomic E-state index is -0.525. The van der Waals surface area contributed by atoms with E-state index in [2.05, 4.69) is 5.32 Å². The maximum atomic E-state index is 13.0. The Balaban J connectivity index is 1.89. The maximum absolute atomic E-state index is 13.0. The van der Waals surface area contributed by atoms with Crippen molar-refractivity contribution in [1.82, 2.24) is 0 Å². The van der Waals surface area contributed by atoms with Crippen molar-refractivity contribution in [3.05, 3.63) is 102 Å². The molecule has 0 aliphatic rings. The molecule has 0 heterocycles. The summed E-state index contributed by atoms with van der Waals surface area (Å²) < 4.78 is 4.71. The van der Waals surface area contributed by atoms with Gasteiger partial charge in [-0.05, 0) is 29.8 Å². The monoisotopic (exact) mass is 345 g/mol. The molecule has 4 heteroatoms. The summed E-state index contributed by atoms with van der Waals surface area (Å²) in [4.78, 5) is 24.6. The lowest BCUT2D eigenvalue weighted by Crippen LogP contribution is -2.21. The number of esters is 1. The van der Waals surface area contributed by atoms with Crippen LogP contribution in [-0.2, 0) is 4.74 Å². The summed E-state index contributed by atoms with van der Waals surface area (Å²) in [6.07, 6.45) is 0. The molecule has 26 heavy (non-hydrogen) atoms. The standard InChI is InChI=1S/C22H19NO3/c1-26-22(25)18-12-14-19(15-13-18)23-20(16-8-4-2-5-9-16)21(24)17-10-6-3-7-11-17/h2-15,20,23H,1H3. The Labute approximate surface area is 152 Å². The van der Waals surface area contributed by atoms with E-state index in [0.29, 0.717) is 11.1 Å². The van der Waals surface area contributed by atoms with Gasteiger partial charge in [-0.1, -0.05) is 60.7 Å². The van der Waals surface area contributed by atoms with Gasteiger partial charge in [-0.3, -0.25) is 4.79 Å². The second-order valence-corrected chi connectivity index (χ2v) is 5.79. The Kier molecular flexibility index (Phi) is 5.44. The van der Waals surface area contributed by atoms with Crippen molar-refractivity contribution in [3.63, 3.8) is 0 Å². The second-order valence-electron chi connectivity index (χ2n) is 5.79. The summed E-state index contributed by atoms with van der Waals surface area (Å²) in [5.74, 6) is -0.412. The van der Waals surface area contributed by atoms with Crippen molar-refractivity contribution in [1.29, 1.82) is 0 Å². The first-order valence-electron chi connectivity index (χ1n) is 8.28. The highest BCUT2D eigenvalue weighted by atomic mass is 16.5. The largest absolute Gasteiger partial charge is 0.465 e. The normalized spacial score (nSPS) is 11.4. The molecule has 3 aromatic rings. The van der Waals surface area contributed by atoms with E-state index in [1.54, 1.807) is 36.4 Å². The first kappa shape index (κ1) is 17.4. The van der Waals surface area contributed by atoms with E-state index >= 15 is 0 Å². The molecular weight excluding hydrogens is 326 g/mol. The van der Waals surface area contributed by atoms with Crippen LogP contribution in [0.5, 0.6) is 0 Å². The molecule has 0 spiro atoms. The maximum Gasteiger partial charge on any atom is 0.337 e. The number of hydrogen-bond donors (Lipinski definition) is 1. The molecule has 1 N–H and O–H groups in total. The van der Waals surface area contributed by atoms with Crippen LogP contribution in [0.15, 0.2) is 84.9 Å². The predicted octanol–water partition coefficient (Wildman–Crippen LogP) is 4.51. The number of anilines is 1. The number of nitrogens with one attached hydrogen (secondary N) is 1. The van der Waals surface area contributed by atoms with Gasteiger partial charge in [0.2, 0.25) is 0 Å². The van der Waals surface area contributed by atoms with Gasteiger partial charge in [0.15, 0.2) is 5.78 Å². The highest BCUT2D eigenvalue weighted by molar-refractivity contribution is 6.02. The molecule has 0 saturated heterocycles. The van der Waals surface area contributed by atoms with Gasteiger partial charge in [0.25, 0.3) is 0 Å². The average Bonchev–Trinajstić information content (AvgIpc) is 2.72. The smallest absolute Gasteiger partial charge is 0.337 e. The van der Waals surface area contributed by atoms with E-state index in [4.69, 9.17) is 4.74 Å². The zero-order chi connectivity index (χ0) is 18.4. The van der Waals surface area contributed by atoms with Crippen LogP contribution in [0.3, 0.4) is 0 Å². The predicted molar refractivity (Wildman–Crippen MR) is 101 cm³/mol. The van der Waals surface area contributed by atoms with Crippen molar-refractivity contribution in [2.24, 2.45) is 0 Å². The second kappa shape index (κ2) is 8.12. The molecule has 0 aromatic heterocycles. The number of benzene rings is 3. The van der Waals surface area contributed by atoms with Gasteiger partial charge in [-0.15, -0.1) is 0 Å². The molecule has 3 rings (SSSR count). The zero-order valence-corrected chi connectivity index (χ0v) is 14.4. The molecule has 4 nitrogen and oxygen atoms in total. The Morgan fingerprint density at radius 1 is 0.769 bits per heavy atom. The molecule has 3 aromatic carbocycles. The molecule has 0 radical (unpaired) electrons. The van der Waals surface area contributed by atoms with E-state index in [9.17, 15) is 9.59 Å². The number of Topliss-reactive ketones (excluding diaryl/α,β-unsaturated/α-hetero) is 1. The third-order valence-corrected chi connectivity index (χ3v) is 4.07. The molecule has 0 fully saturated rings.